The summed E-state index contributed by atoms with van der Waals surface area (Å²) in [6.45, 7) is 2.12. The Labute approximate surface area is 128 Å². The van der Waals surface area contributed by atoms with Crippen molar-refractivity contribution in [2.45, 2.75) is 44.2 Å². The third-order valence-electron chi connectivity index (χ3n) is 4.34. The smallest absolute Gasteiger partial charge is 0.167 e. The average Bonchev–Trinajstić information content (AvgIpc) is 3.08. The molecule has 4 aliphatic rings. The molecule has 0 bridgehead atoms. The van der Waals surface area contributed by atoms with Crippen molar-refractivity contribution in [3.63, 3.8) is 0 Å². The van der Waals surface area contributed by atoms with Gasteiger partial charge in [0.2, 0.25) is 0 Å². The zero-order valence-electron chi connectivity index (χ0n) is 11.5. The van der Waals surface area contributed by atoms with Gasteiger partial charge in [-0.2, -0.15) is 0 Å². The lowest BCUT2D eigenvalue weighted by atomic mass is 9.92. The number of amidine groups is 2. The summed E-state index contributed by atoms with van der Waals surface area (Å²) in [6, 6.07) is 1.16. The predicted molar refractivity (Wildman–Crippen MR) is 88.4 cm³/mol. The first-order valence-corrected chi connectivity index (χ1v) is 9.41. The van der Waals surface area contributed by atoms with E-state index < -0.39 is 0 Å². The van der Waals surface area contributed by atoms with Crippen molar-refractivity contribution in [1.82, 2.24) is 10.2 Å². The summed E-state index contributed by atoms with van der Waals surface area (Å²) >= 11 is 3.64. The Bertz CT molecular complexity index is 486. The molecule has 0 aromatic carbocycles. The van der Waals surface area contributed by atoms with Crippen LogP contribution in [0, 0.1) is 0 Å². The van der Waals surface area contributed by atoms with Crippen molar-refractivity contribution in [3.05, 3.63) is 11.1 Å². The fourth-order valence-electron chi connectivity index (χ4n) is 3.25. The van der Waals surface area contributed by atoms with E-state index in [1.54, 1.807) is 11.8 Å². The first-order chi connectivity index (χ1) is 9.90. The molecule has 0 radical (unpaired) electrons. The topological polar surface area (TPSA) is 40.0 Å². The van der Waals surface area contributed by atoms with Crippen molar-refractivity contribution in [2.24, 2.45) is 9.98 Å². The van der Waals surface area contributed by atoms with Crippen molar-refractivity contribution in [3.8, 4) is 0 Å². The van der Waals surface area contributed by atoms with E-state index in [0.29, 0.717) is 12.1 Å². The zero-order valence-corrected chi connectivity index (χ0v) is 13.2. The molecule has 4 nitrogen and oxygen atoms in total. The van der Waals surface area contributed by atoms with E-state index in [4.69, 9.17) is 4.99 Å². The molecule has 0 aromatic rings. The Hall–Kier alpha value is -0.620. The molecule has 108 valence electrons. The van der Waals surface area contributed by atoms with Crippen LogP contribution in [0.1, 0.15) is 32.1 Å². The van der Waals surface area contributed by atoms with Crippen LogP contribution in [0.25, 0.3) is 0 Å². The molecule has 0 amide bonds. The van der Waals surface area contributed by atoms with Gasteiger partial charge in [0.15, 0.2) is 10.3 Å². The van der Waals surface area contributed by atoms with Crippen molar-refractivity contribution in [2.75, 3.05) is 18.8 Å². The molecule has 1 aliphatic carbocycles. The maximum atomic E-state index is 4.86. The maximum absolute atomic E-state index is 4.86. The Balaban J connectivity index is 1.35. The first kappa shape index (κ1) is 13.1. The number of aliphatic imine (C=N–C) groups is 2. The normalized spacial score (nSPS) is 32.0. The van der Waals surface area contributed by atoms with E-state index >= 15 is 0 Å². The number of hydrogen-bond donors (Lipinski definition) is 1. The number of fused-ring (bicyclic) bond motifs is 2. The Kier molecular flexibility index (Phi) is 3.68. The van der Waals surface area contributed by atoms with Gasteiger partial charge in [-0.3, -0.25) is 9.98 Å². The highest BCUT2D eigenvalue weighted by Gasteiger charge is 2.31. The van der Waals surface area contributed by atoms with Gasteiger partial charge in [0.25, 0.3) is 0 Å². The van der Waals surface area contributed by atoms with Gasteiger partial charge in [-0.25, -0.2) is 0 Å². The van der Waals surface area contributed by atoms with Gasteiger partial charge in [0.1, 0.15) is 0 Å². The summed E-state index contributed by atoms with van der Waals surface area (Å²) in [5.41, 5.74) is 1.40. The highest BCUT2D eigenvalue weighted by molar-refractivity contribution is 8.17. The number of thioether (sulfide) groups is 2. The lowest BCUT2D eigenvalue weighted by molar-refractivity contribution is 0.385. The van der Waals surface area contributed by atoms with Gasteiger partial charge < -0.3 is 10.2 Å². The molecule has 4 rings (SSSR count). The minimum Gasteiger partial charge on any atom is -0.360 e. The lowest BCUT2D eigenvalue weighted by Gasteiger charge is -2.25. The fourth-order valence-corrected chi connectivity index (χ4v) is 5.28. The predicted octanol–water partition coefficient (Wildman–Crippen LogP) is 2.64. The molecular formula is C14H20N4S2. The largest absolute Gasteiger partial charge is 0.360 e. The summed E-state index contributed by atoms with van der Waals surface area (Å²) in [7, 11) is 0. The van der Waals surface area contributed by atoms with E-state index in [2.05, 4.69) is 20.6 Å². The molecule has 3 heterocycles. The molecule has 20 heavy (non-hydrogen) atoms. The van der Waals surface area contributed by atoms with Crippen LogP contribution in [-0.2, 0) is 0 Å². The third-order valence-corrected chi connectivity index (χ3v) is 6.23. The van der Waals surface area contributed by atoms with Crippen molar-refractivity contribution in [1.29, 1.82) is 0 Å². The molecule has 1 N–H and O–H groups in total. The van der Waals surface area contributed by atoms with Gasteiger partial charge in [0, 0.05) is 24.5 Å². The van der Waals surface area contributed by atoms with Gasteiger partial charge in [0.05, 0.1) is 12.1 Å². The van der Waals surface area contributed by atoms with Crippen LogP contribution in [0.15, 0.2) is 21.1 Å². The highest BCUT2D eigenvalue weighted by Crippen LogP contribution is 2.32. The molecule has 6 heteroatoms. The Morgan fingerprint density at radius 3 is 3.25 bits per heavy atom. The number of rotatable bonds is 2. The van der Waals surface area contributed by atoms with Crippen LogP contribution < -0.4 is 5.32 Å². The summed E-state index contributed by atoms with van der Waals surface area (Å²) in [4.78, 5) is 11.8. The molecule has 0 unspecified atom stereocenters. The minimum atomic E-state index is 0.547. The summed E-state index contributed by atoms with van der Waals surface area (Å²) in [5.74, 6) is 1.01. The summed E-state index contributed by atoms with van der Waals surface area (Å²) in [5, 5.41) is 8.24. The first-order valence-electron chi connectivity index (χ1n) is 7.55. The third kappa shape index (κ3) is 2.48. The molecule has 0 spiro atoms. The highest BCUT2D eigenvalue weighted by atomic mass is 32.2. The number of nitrogens with zero attached hydrogens (tertiary/aromatic N) is 3. The molecule has 3 aliphatic heterocycles. The molecule has 0 saturated heterocycles. The molecular weight excluding hydrogens is 288 g/mol. The van der Waals surface area contributed by atoms with Crippen molar-refractivity contribution >= 4 is 33.9 Å². The molecule has 0 aromatic heterocycles. The van der Waals surface area contributed by atoms with Crippen LogP contribution in [-0.4, -0.2) is 46.2 Å². The molecule has 1 saturated carbocycles. The SMILES string of the molecule is C1=C(CSC2=N[C@H]3CCCC[C@@H]3N2)N2CCCN=C2S1. The van der Waals surface area contributed by atoms with E-state index in [1.807, 2.05) is 11.8 Å². The quantitative estimate of drug-likeness (QED) is 0.851. The van der Waals surface area contributed by atoms with Crippen LogP contribution in [0.4, 0.5) is 0 Å². The lowest BCUT2D eigenvalue weighted by Crippen LogP contribution is -2.36. The van der Waals surface area contributed by atoms with E-state index in [0.717, 1.165) is 24.0 Å². The van der Waals surface area contributed by atoms with Gasteiger partial charge in [-0.05, 0) is 24.7 Å². The number of nitrogens with one attached hydrogen (secondary N) is 1. The van der Waals surface area contributed by atoms with E-state index in [-0.39, 0.29) is 0 Å². The van der Waals surface area contributed by atoms with E-state index in [9.17, 15) is 0 Å². The number of hydrogen-bond acceptors (Lipinski definition) is 6. The zero-order chi connectivity index (χ0) is 13.4. The minimum absolute atomic E-state index is 0.547. The fraction of sp³-hybridized carbons (Fsp3) is 0.714. The second-order valence-electron chi connectivity index (χ2n) is 5.72. The Morgan fingerprint density at radius 1 is 1.35 bits per heavy atom. The maximum Gasteiger partial charge on any atom is 0.167 e. The Morgan fingerprint density at radius 2 is 2.30 bits per heavy atom. The molecule has 1 fully saturated rings. The summed E-state index contributed by atoms with van der Waals surface area (Å²) < 4.78 is 0. The van der Waals surface area contributed by atoms with Gasteiger partial charge >= 0.3 is 0 Å². The average molecular weight is 308 g/mol. The van der Waals surface area contributed by atoms with Crippen molar-refractivity contribution < 1.29 is 0 Å². The van der Waals surface area contributed by atoms with Crippen LogP contribution in [0.2, 0.25) is 0 Å². The van der Waals surface area contributed by atoms with Gasteiger partial charge in [-0.1, -0.05) is 36.4 Å². The van der Waals surface area contributed by atoms with Crippen LogP contribution >= 0.6 is 23.5 Å². The standard InChI is InChI=1S/C14H20N4S2/c1-2-5-12-11(4-1)16-13(17-12)19-8-10-9-20-14-15-6-3-7-18(10)14/h9,11-12H,1-8H2,(H,16,17)/t11-,12-/m0/s1. The second-order valence-corrected chi connectivity index (χ2v) is 7.52. The molecule has 2 atom stereocenters. The summed E-state index contributed by atoms with van der Waals surface area (Å²) in [6.07, 6.45) is 6.44. The monoisotopic (exact) mass is 308 g/mol. The van der Waals surface area contributed by atoms with Gasteiger partial charge in [-0.15, -0.1) is 0 Å². The second kappa shape index (κ2) is 5.64. The van der Waals surface area contributed by atoms with E-state index in [1.165, 1.54) is 43.0 Å². The van der Waals surface area contributed by atoms with Crippen LogP contribution in [0.5, 0.6) is 0 Å². The van der Waals surface area contributed by atoms with Crippen LogP contribution in [0.3, 0.4) is 0 Å².